The number of methoxy groups -OCH3 is 1. The Bertz CT molecular complexity index is 579. The SMILES string of the molecule is COc1ccc(Cl)cc1COc1ccc(C)cc1C. The molecule has 2 aromatic rings. The molecule has 0 saturated heterocycles. The molecule has 0 saturated carbocycles. The first kappa shape index (κ1) is 13.8. The molecule has 0 radical (unpaired) electrons. The van der Waals surface area contributed by atoms with Crippen molar-refractivity contribution in [1.29, 1.82) is 0 Å². The predicted octanol–water partition coefficient (Wildman–Crippen LogP) is 4.54. The van der Waals surface area contributed by atoms with E-state index in [0.717, 1.165) is 22.6 Å². The van der Waals surface area contributed by atoms with E-state index < -0.39 is 0 Å². The minimum atomic E-state index is 0.438. The third-order valence-electron chi connectivity index (χ3n) is 2.96. The lowest BCUT2D eigenvalue weighted by Gasteiger charge is -2.12. The van der Waals surface area contributed by atoms with Crippen molar-refractivity contribution in [2.24, 2.45) is 0 Å². The van der Waals surface area contributed by atoms with E-state index in [1.54, 1.807) is 13.2 Å². The maximum absolute atomic E-state index is 6.00. The van der Waals surface area contributed by atoms with Crippen LogP contribution in [0.25, 0.3) is 0 Å². The van der Waals surface area contributed by atoms with E-state index in [-0.39, 0.29) is 0 Å². The minimum absolute atomic E-state index is 0.438. The fourth-order valence-corrected chi connectivity index (χ4v) is 2.17. The third-order valence-corrected chi connectivity index (χ3v) is 3.19. The van der Waals surface area contributed by atoms with Gasteiger partial charge in [-0.05, 0) is 43.7 Å². The van der Waals surface area contributed by atoms with Crippen LogP contribution in [0.2, 0.25) is 5.02 Å². The van der Waals surface area contributed by atoms with Gasteiger partial charge in [-0.1, -0.05) is 29.3 Å². The smallest absolute Gasteiger partial charge is 0.125 e. The van der Waals surface area contributed by atoms with Crippen LogP contribution in [0, 0.1) is 13.8 Å². The Morgan fingerprint density at radius 1 is 1.00 bits per heavy atom. The Balaban J connectivity index is 2.16. The van der Waals surface area contributed by atoms with Gasteiger partial charge >= 0.3 is 0 Å². The molecule has 19 heavy (non-hydrogen) atoms. The fourth-order valence-electron chi connectivity index (χ4n) is 1.98. The van der Waals surface area contributed by atoms with Gasteiger partial charge in [0.15, 0.2) is 0 Å². The van der Waals surface area contributed by atoms with E-state index in [4.69, 9.17) is 21.1 Å². The molecule has 0 fully saturated rings. The van der Waals surface area contributed by atoms with E-state index in [9.17, 15) is 0 Å². The molecule has 0 atom stereocenters. The first-order chi connectivity index (χ1) is 9.10. The first-order valence-electron chi connectivity index (χ1n) is 6.12. The summed E-state index contributed by atoms with van der Waals surface area (Å²) in [5, 5.41) is 0.681. The second-order valence-corrected chi connectivity index (χ2v) is 4.95. The predicted molar refractivity (Wildman–Crippen MR) is 78.3 cm³/mol. The van der Waals surface area contributed by atoms with Crippen molar-refractivity contribution >= 4 is 11.6 Å². The monoisotopic (exact) mass is 276 g/mol. The van der Waals surface area contributed by atoms with Gasteiger partial charge in [0, 0.05) is 10.6 Å². The molecule has 0 amide bonds. The molecule has 2 rings (SSSR count). The Labute approximate surface area is 118 Å². The number of halogens is 1. The van der Waals surface area contributed by atoms with Crippen LogP contribution in [-0.2, 0) is 6.61 Å². The number of ether oxygens (including phenoxy) is 2. The number of benzene rings is 2. The molecular formula is C16H17ClO2. The Morgan fingerprint density at radius 2 is 1.74 bits per heavy atom. The van der Waals surface area contributed by atoms with E-state index >= 15 is 0 Å². The number of aryl methyl sites for hydroxylation is 2. The van der Waals surface area contributed by atoms with E-state index in [1.165, 1.54) is 5.56 Å². The standard InChI is InChI=1S/C16H17ClO2/c1-11-4-6-15(12(2)8-11)19-10-13-9-14(17)5-7-16(13)18-3/h4-9H,10H2,1-3H3. The maximum Gasteiger partial charge on any atom is 0.125 e. The maximum atomic E-state index is 6.00. The molecule has 0 aliphatic rings. The first-order valence-corrected chi connectivity index (χ1v) is 6.50. The molecular weight excluding hydrogens is 260 g/mol. The molecule has 0 bridgehead atoms. The second-order valence-electron chi connectivity index (χ2n) is 4.51. The summed E-state index contributed by atoms with van der Waals surface area (Å²) in [4.78, 5) is 0. The van der Waals surface area contributed by atoms with Gasteiger partial charge in [0.2, 0.25) is 0 Å². The largest absolute Gasteiger partial charge is 0.496 e. The molecule has 0 aliphatic carbocycles. The summed E-state index contributed by atoms with van der Waals surface area (Å²) in [6, 6.07) is 11.7. The second kappa shape index (κ2) is 5.98. The van der Waals surface area contributed by atoms with Crippen molar-refractivity contribution in [2.45, 2.75) is 20.5 Å². The lowest BCUT2D eigenvalue weighted by Crippen LogP contribution is -2.00. The normalized spacial score (nSPS) is 10.3. The molecule has 0 aromatic heterocycles. The van der Waals surface area contributed by atoms with Crippen LogP contribution in [0.15, 0.2) is 36.4 Å². The lowest BCUT2D eigenvalue weighted by molar-refractivity contribution is 0.295. The van der Waals surface area contributed by atoms with Crippen LogP contribution < -0.4 is 9.47 Å². The van der Waals surface area contributed by atoms with Crippen LogP contribution in [0.5, 0.6) is 11.5 Å². The van der Waals surface area contributed by atoms with Crippen molar-refractivity contribution < 1.29 is 9.47 Å². The van der Waals surface area contributed by atoms with Crippen LogP contribution in [0.1, 0.15) is 16.7 Å². The van der Waals surface area contributed by atoms with Crippen LogP contribution in [0.3, 0.4) is 0 Å². The van der Waals surface area contributed by atoms with Gasteiger partial charge in [-0.2, -0.15) is 0 Å². The summed E-state index contributed by atoms with van der Waals surface area (Å²) in [7, 11) is 1.64. The van der Waals surface area contributed by atoms with Gasteiger partial charge in [0.05, 0.1) is 7.11 Å². The Morgan fingerprint density at radius 3 is 2.42 bits per heavy atom. The number of hydrogen-bond donors (Lipinski definition) is 0. The summed E-state index contributed by atoms with van der Waals surface area (Å²) < 4.78 is 11.1. The van der Waals surface area contributed by atoms with E-state index in [2.05, 4.69) is 13.0 Å². The average molecular weight is 277 g/mol. The highest BCUT2D eigenvalue weighted by molar-refractivity contribution is 6.30. The van der Waals surface area contributed by atoms with Gasteiger partial charge < -0.3 is 9.47 Å². The summed E-state index contributed by atoms with van der Waals surface area (Å²) in [5.74, 6) is 1.67. The molecule has 0 N–H and O–H groups in total. The molecule has 0 aliphatic heterocycles. The highest BCUT2D eigenvalue weighted by Crippen LogP contribution is 2.25. The minimum Gasteiger partial charge on any atom is -0.496 e. The molecule has 100 valence electrons. The van der Waals surface area contributed by atoms with Crippen LogP contribution >= 0.6 is 11.6 Å². The van der Waals surface area contributed by atoms with Crippen molar-refractivity contribution in [1.82, 2.24) is 0 Å². The average Bonchev–Trinajstić information content (AvgIpc) is 2.38. The van der Waals surface area contributed by atoms with E-state index in [1.807, 2.05) is 31.2 Å². The molecule has 0 heterocycles. The fraction of sp³-hybridized carbons (Fsp3) is 0.250. The zero-order chi connectivity index (χ0) is 13.8. The van der Waals surface area contributed by atoms with Gasteiger partial charge in [-0.25, -0.2) is 0 Å². The molecule has 3 heteroatoms. The van der Waals surface area contributed by atoms with Crippen molar-refractivity contribution in [3.63, 3.8) is 0 Å². The zero-order valence-corrected chi connectivity index (χ0v) is 12.1. The highest BCUT2D eigenvalue weighted by Gasteiger charge is 2.06. The van der Waals surface area contributed by atoms with Gasteiger partial charge in [0.1, 0.15) is 18.1 Å². The van der Waals surface area contributed by atoms with Crippen LogP contribution in [-0.4, -0.2) is 7.11 Å². The summed E-state index contributed by atoms with van der Waals surface area (Å²) in [6.07, 6.45) is 0. The molecule has 0 spiro atoms. The van der Waals surface area contributed by atoms with E-state index in [0.29, 0.717) is 11.6 Å². The molecule has 0 unspecified atom stereocenters. The quantitative estimate of drug-likeness (QED) is 0.816. The van der Waals surface area contributed by atoms with Crippen LogP contribution in [0.4, 0.5) is 0 Å². The zero-order valence-electron chi connectivity index (χ0n) is 11.4. The third kappa shape index (κ3) is 3.42. The van der Waals surface area contributed by atoms with Crippen molar-refractivity contribution in [3.05, 3.63) is 58.1 Å². The summed E-state index contributed by atoms with van der Waals surface area (Å²) in [6.45, 7) is 4.54. The van der Waals surface area contributed by atoms with Crippen molar-refractivity contribution in [3.8, 4) is 11.5 Å². The number of hydrogen-bond acceptors (Lipinski definition) is 2. The molecule has 2 nitrogen and oxygen atoms in total. The Kier molecular flexibility index (Phi) is 4.33. The topological polar surface area (TPSA) is 18.5 Å². The van der Waals surface area contributed by atoms with Gasteiger partial charge in [-0.3, -0.25) is 0 Å². The summed E-state index contributed by atoms with van der Waals surface area (Å²) >= 11 is 6.00. The van der Waals surface area contributed by atoms with Gasteiger partial charge in [-0.15, -0.1) is 0 Å². The highest BCUT2D eigenvalue weighted by atomic mass is 35.5. The Hall–Kier alpha value is -1.67. The van der Waals surface area contributed by atoms with Gasteiger partial charge in [0.25, 0.3) is 0 Å². The van der Waals surface area contributed by atoms with Crippen molar-refractivity contribution in [2.75, 3.05) is 7.11 Å². The lowest BCUT2D eigenvalue weighted by atomic mass is 10.1. The summed E-state index contributed by atoms with van der Waals surface area (Å²) in [5.41, 5.74) is 3.29. The number of rotatable bonds is 4. The molecule has 2 aromatic carbocycles.